The normalized spacial score (nSPS) is 23.9. The molecule has 2 aliphatic carbocycles. The average Bonchev–Trinajstić information content (AvgIpc) is 3.65. The van der Waals surface area contributed by atoms with Gasteiger partial charge in [-0.2, -0.15) is 8.42 Å². The minimum absolute atomic E-state index is 0.138. The molecular formula is C33H41FN6O8S2. The summed E-state index contributed by atoms with van der Waals surface area (Å²) < 4.78 is 67.1. The highest BCUT2D eigenvalue weighted by atomic mass is 32.2. The molecular weight excluding hydrogens is 692 g/mol. The lowest BCUT2D eigenvalue weighted by molar-refractivity contribution is -0.138. The molecule has 2 aromatic rings. The Bertz CT molecular complexity index is 1970. The number of carboxylic acids is 1. The van der Waals surface area contributed by atoms with Crippen molar-refractivity contribution >= 4 is 49.1 Å². The zero-order chi connectivity index (χ0) is 36.5. The first kappa shape index (κ1) is 36.9. The smallest absolute Gasteiger partial charge is 0.320 e. The SMILES string of the molecule is CS(=O)(=O)Cc1ccc2c(c1)S(=O)(=O)N=C(C1=C(O)C3C([C@@H]4CC[C@H]3C4)N(Cc3ccc(F)cc3)C1=O)N2.N=C(N)CCCCC(N)C(=O)O. The van der Waals surface area contributed by atoms with Crippen molar-refractivity contribution in [3.8, 4) is 0 Å². The summed E-state index contributed by atoms with van der Waals surface area (Å²) in [5, 5.41) is 29.6. The number of carbonyl (C=O) groups excluding carboxylic acids is 1. The van der Waals surface area contributed by atoms with Gasteiger partial charge in [-0.05, 0) is 79.3 Å². The summed E-state index contributed by atoms with van der Waals surface area (Å²) in [6.07, 6.45) is 6.17. The number of rotatable bonds is 11. The summed E-state index contributed by atoms with van der Waals surface area (Å²) >= 11 is 0. The highest BCUT2D eigenvalue weighted by molar-refractivity contribution is 7.90. The van der Waals surface area contributed by atoms with E-state index in [0.29, 0.717) is 24.8 Å². The van der Waals surface area contributed by atoms with Crippen molar-refractivity contribution in [3.05, 3.63) is 70.7 Å². The molecule has 2 bridgehead atoms. The van der Waals surface area contributed by atoms with Gasteiger partial charge in [-0.1, -0.05) is 24.6 Å². The number of amides is 1. The molecule has 3 unspecified atom stereocenters. The third kappa shape index (κ3) is 8.16. The molecule has 1 amide bonds. The Hall–Kier alpha value is -4.35. The molecule has 2 saturated carbocycles. The number of nitrogens with one attached hydrogen (secondary N) is 2. The first-order valence-corrected chi connectivity index (χ1v) is 19.7. The second-order valence-electron chi connectivity index (χ2n) is 13.3. The van der Waals surface area contributed by atoms with E-state index in [0.717, 1.165) is 37.5 Å². The molecule has 0 saturated heterocycles. The number of nitrogens with two attached hydrogens (primary N) is 2. The molecule has 270 valence electrons. The third-order valence-electron chi connectivity index (χ3n) is 9.53. The van der Waals surface area contributed by atoms with Crippen LogP contribution in [-0.4, -0.2) is 73.8 Å². The summed E-state index contributed by atoms with van der Waals surface area (Å²) in [4.78, 5) is 25.6. The molecule has 0 aromatic heterocycles. The van der Waals surface area contributed by atoms with Crippen LogP contribution in [0.1, 0.15) is 56.1 Å². The molecule has 14 nitrogen and oxygen atoms in total. The minimum Gasteiger partial charge on any atom is -0.511 e. The first-order chi connectivity index (χ1) is 23.4. The number of aliphatic hydroxyl groups is 1. The van der Waals surface area contributed by atoms with Gasteiger partial charge in [0.05, 0.1) is 17.3 Å². The van der Waals surface area contributed by atoms with E-state index >= 15 is 0 Å². The molecule has 6 rings (SSSR count). The number of nitrogens with zero attached hydrogens (tertiary/aromatic N) is 2. The maximum atomic E-state index is 13.9. The molecule has 0 radical (unpaired) electrons. The van der Waals surface area contributed by atoms with Gasteiger partial charge >= 0.3 is 5.97 Å². The van der Waals surface area contributed by atoms with E-state index in [9.17, 15) is 35.9 Å². The van der Waals surface area contributed by atoms with Gasteiger partial charge in [-0.3, -0.25) is 15.0 Å². The lowest BCUT2D eigenvalue weighted by Gasteiger charge is -2.44. The largest absolute Gasteiger partial charge is 0.511 e. The van der Waals surface area contributed by atoms with E-state index in [4.69, 9.17) is 22.0 Å². The molecule has 0 spiro atoms. The number of sulfone groups is 1. The second kappa shape index (κ2) is 14.5. The van der Waals surface area contributed by atoms with Gasteiger partial charge in [-0.15, -0.1) is 4.40 Å². The van der Waals surface area contributed by atoms with Crippen LogP contribution in [0.2, 0.25) is 0 Å². The second-order valence-corrected chi connectivity index (χ2v) is 17.0. The van der Waals surface area contributed by atoms with Crippen molar-refractivity contribution < 1.29 is 41.0 Å². The number of carboxylic acid groups (broad SMARTS) is 1. The Morgan fingerprint density at radius 1 is 1.14 bits per heavy atom. The van der Waals surface area contributed by atoms with Gasteiger partial charge in [-0.25, -0.2) is 12.8 Å². The van der Waals surface area contributed by atoms with Crippen LogP contribution in [0, 0.1) is 29.0 Å². The van der Waals surface area contributed by atoms with Crippen molar-refractivity contribution in [1.29, 1.82) is 5.41 Å². The van der Waals surface area contributed by atoms with E-state index in [-0.39, 0.29) is 75.5 Å². The quantitative estimate of drug-likeness (QED) is 0.111. The van der Waals surface area contributed by atoms with E-state index < -0.39 is 37.8 Å². The summed E-state index contributed by atoms with van der Waals surface area (Å²) in [6, 6.07) is 9.02. The molecule has 50 heavy (non-hydrogen) atoms. The Balaban J connectivity index is 0.000000349. The zero-order valence-electron chi connectivity index (χ0n) is 27.4. The summed E-state index contributed by atoms with van der Waals surface area (Å²) in [6.45, 7) is 0.186. The van der Waals surface area contributed by atoms with E-state index in [1.54, 1.807) is 17.0 Å². The summed E-state index contributed by atoms with van der Waals surface area (Å²) in [5.41, 5.74) is 11.3. The maximum Gasteiger partial charge on any atom is 0.320 e. The number of aliphatic hydroxyl groups excluding tert-OH is 1. The number of amidine groups is 2. The van der Waals surface area contributed by atoms with Crippen molar-refractivity contribution in [3.63, 3.8) is 0 Å². The number of unbranched alkanes of at least 4 members (excludes halogenated alkanes) is 1. The van der Waals surface area contributed by atoms with Crippen LogP contribution in [0.3, 0.4) is 0 Å². The van der Waals surface area contributed by atoms with Crippen LogP contribution in [0.5, 0.6) is 0 Å². The average molecular weight is 733 g/mol. The molecule has 2 aromatic carbocycles. The van der Waals surface area contributed by atoms with Crippen LogP contribution in [-0.2, 0) is 41.7 Å². The zero-order valence-corrected chi connectivity index (χ0v) is 29.0. The number of aliphatic carboxylic acids is 1. The van der Waals surface area contributed by atoms with Crippen LogP contribution < -0.4 is 16.8 Å². The number of halogens is 1. The van der Waals surface area contributed by atoms with Gasteiger partial charge in [0.2, 0.25) is 0 Å². The van der Waals surface area contributed by atoms with Gasteiger partial charge in [0.15, 0.2) is 15.7 Å². The third-order valence-corrected chi connectivity index (χ3v) is 11.7. The van der Waals surface area contributed by atoms with Gasteiger partial charge in [0, 0.05) is 31.2 Å². The molecule has 17 heteroatoms. The number of hydrogen-bond donors (Lipinski definition) is 6. The van der Waals surface area contributed by atoms with Crippen molar-refractivity contribution in [1.82, 2.24) is 4.90 Å². The predicted molar refractivity (Wildman–Crippen MR) is 184 cm³/mol. The topological polar surface area (TPSA) is 246 Å². The molecule has 2 fully saturated rings. The van der Waals surface area contributed by atoms with Crippen LogP contribution >= 0.6 is 0 Å². The maximum absolute atomic E-state index is 13.9. The molecule has 2 aliphatic heterocycles. The Morgan fingerprint density at radius 3 is 2.44 bits per heavy atom. The number of fused-ring (bicyclic) bond motifs is 6. The van der Waals surface area contributed by atoms with Crippen molar-refractivity contribution in [2.75, 3.05) is 11.6 Å². The van der Waals surface area contributed by atoms with Gasteiger partial charge < -0.3 is 31.9 Å². The number of carbonyl (C=O) groups is 2. The van der Waals surface area contributed by atoms with Gasteiger partial charge in [0.25, 0.3) is 15.9 Å². The fourth-order valence-electron chi connectivity index (χ4n) is 7.34. The standard InChI is InChI=1S/C26H26FN3O6S2.C7H15N3O2/c1-37(33,34)13-15-4-9-19-20(10-15)38(35,36)29-25(28-19)22-24(31)21-16-5-6-17(11-16)23(21)30(26(22)32)12-14-2-7-18(27)8-3-14;8-5(7(11)12)3-1-2-4-6(9)10/h2-4,7-10,16-17,21,23,31H,5-6,11-13H2,1H3,(H,28,29);5H,1-4,8H2,(H3,9,10)(H,11,12)/t16-,17+,21?,23?;/m0./s1. The van der Waals surface area contributed by atoms with Crippen LogP contribution in [0.15, 0.2) is 63.1 Å². The van der Waals surface area contributed by atoms with E-state index in [1.807, 2.05) is 0 Å². The molecule has 2 heterocycles. The lowest BCUT2D eigenvalue weighted by Crippen LogP contribution is -2.53. The van der Waals surface area contributed by atoms with Crippen LogP contribution in [0.4, 0.5) is 10.1 Å². The first-order valence-electron chi connectivity index (χ1n) is 16.2. The highest BCUT2D eigenvalue weighted by Gasteiger charge is 2.57. The lowest BCUT2D eigenvalue weighted by atomic mass is 9.77. The molecule has 4 aliphatic rings. The predicted octanol–water partition coefficient (Wildman–Crippen LogP) is 3.05. The molecule has 8 N–H and O–H groups in total. The Labute approximate surface area is 289 Å². The number of hydrogen-bond acceptors (Lipinski definition) is 10. The van der Waals surface area contributed by atoms with Gasteiger partial charge in [0.1, 0.15) is 28.1 Å². The van der Waals surface area contributed by atoms with Crippen LogP contribution in [0.25, 0.3) is 0 Å². The fraction of sp³-hybridized carbons (Fsp3) is 0.455. The Kier molecular flexibility index (Phi) is 10.7. The Morgan fingerprint density at radius 2 is 1.80 bits per heavy atom. The molecule has 5 atom stereocenters. The number of benzene rings is 2. The number of sulfonamides is 1. The fourth-order valence-corrected chi connectivity index (χ4v) is 9.30. The number of anilines is 1. The van der Waals surface area contributed by atoms with Crippen molar-refractivity contribution in [2.45, 2.75) is 74.2 Å². The van der Waals surface area contributed by atoms with E-state index in [1.165, 1.54) is 30.3 Å². The minimum atomic E-state index is -4.31. The van der Waals surface area contributed by atoms with Crippen molar-refractivity contribution in [2.24, 2.45) is 33.6 Å². The summed E-state index contributed by atoms with van der Waals surface area (Å²) in [7, 11) is -7.70. The highest BCUT2D eigenvalue weighted by Crippen LogP contribution is 2.55. The summed E-state index contributed by atoms with van der Waals surface area (Å²) in [5.74, 6) is -2.47. The monoisotopic (exact) mass is 732 g/mol. The van der Waals surface area contributed by atoms with E-state index in [2.05, 4.69) is 9.71 Å².